The fraction of sp³-hybridized carbons (Fsp3) is 0.600. The minimum absolute atomic E-state index is 0.358. The molecule has 0 unspecified atom stereocenters. The fourth-order valence-corrected chi connectivity index (χ4v) is 3.00. The lowest BCUT2D eigenvalue weighted by atomic mass is 9.87. The van der Waals surface area contributed by atoms with Gasteiger partial charge in [0, 0.05) is 6.04 Å². The minimum atomic E-state index is 0.358. The molecular formula is C15H21NO2. The fourth-order valence-electron chi connectivity index (χ4n) is 3.00. The van der Waals surface area contributed by atoms with Crippen LogP contribution in [0.5, 0.6) is 11.5 Å². The molecule has 1 saturated heterocycles. The van der Waals surface area contributed by atoms with Crippen LogP contribution in [0.4, 0.5) is 0 Å². The van der Waals surface area contributed by atoms with E-state index in [0.29, 0.717) is 18.8 Å². The van der Waals surface area contributed by atoms with Crippen LogP contribution in [0.15, 0.2) is 18.2 Å². The van der Waals surface area contributed by atoms with Gasteiger partial charge in [-0.3, -0.25) is 4.90 Å². The second-order valence-corrected chi connectivity index (χ2v) is 5.26. The third-order valence-corrected chi connectivity index (χ3v) is 4.31. The van der Waals surface area contributed by atoms with Gasteiger partial charge in [0.15, 0.2) is 11.5 Å². The van der Waals surface area contributed by atoms with Gasteiger partial charge < -0.3 is 9.47 Å². The summed E-state index contributed by atoms with van der Waals surface area (Å²) in [4.78, 5) is 2.57. The number of benzene rings is 1. The minimum Gasteiger partial charge on any atom is -0.454 e. The molecule has 2 aliphatic heterocycles. The molecule has 3 rings (SSSR count). The first-order chi connectivity index (χ1) is 8.79. The molecule has 2 atom stereocenters. The van der Waals surface area contributed by atoms with Gasteiger partial charge in [-0.05, 0) is 56.5 Å². The maximum atomic E-state index is 5.48. The molecule has 0 amide bonds. The summed E-state index contributed by atoms with van der Waals surface area (Å²) in [5.74, 6) is 2.37. The van der Waals surface area contributed by atoms with Crippen LogP contribution < -0.4 is 9.47 Å². The van der Waals surface area contributed by atoms with Gasteiger partial charge in [-0.25, -0.2) is 0 Å². The van der Waals surface area contributed by atoms with Crippen LogP contribution in [-0.4, -0.2) is 30.8 Å². The van der Waals surface area contributed by atoms with Crippen molar-refractivity contribution in [2.24, 2.45) is 0 Å². The maximum absolute atomic E-state index is 5.48. The Morgan fingerprint density at radius 1 is 1.22 bits per heavy atom. The van der Waals surface area contributed by atoms with Gasteiger partial charge in [0.2, 0.25) is 6.79 Å². The number of rotatable bonds is 4. The normalized spacial score (nSPS) is 21.4. The van der Waals surface area contributed by atoms with Gasteiger partial charge in [-0.15, -0.1) is 0 Å². The van der Waals surface area contributed by atoms with E-state index in [-0.39, 0.29) is 0 Å². The second kappa shape index (κ2) is 4.81. The molecular weight excluding hydrogens is 226 g/mol. The Labute approximate surface area is 109 Å². The highest BCUT2D eigenvalue weighted by Crippen LogP contribution is 2.37. The van der Waals surface area contributed by atoms with Gasteiger partial charge >= 0.3 is 0 Å². The zero-order valence-electron chi connectivity index (χ0n) is 11.2. The zero-order valence-corrected chi connectivity index (χ0v) is 11.2. The van der Waals surface area contributed by atoms with Gasteiger partial charge in [-0.1, -0.05) is 13.0 Å². The van der Waals surface area contributed by atoms with Crippen LogP contribution in [-0.2, 0) is 0 Å². The van der Waals surface area contributed by atoms with Crippen LogP contribution in [0.1, 0.15) is 38.2 Å². The highest BCUT2D eigenvalue weighted by atomic mass is 16.7. The number of likely N-dealkylation sites (tertiary alicyclic amines) is 1. The van der Waals surface area contributed by atoms with E-state index in [0.717, 1.165) is 17.9 Å². The molecule has 0 radical (unpaired) electrons. The quantitative estimate of drug-likeness (QED) is 0.816. The third-order valence-electron chi connectivity index (χ3n) is 4.31. The van der Waals surface area contributed by atoms with E-state index in [1.807, 2.05) is 6.07 Å². The molecule has 0 aromatic heterocycles. The molecule has 98 valence electrons. The summed E-state index contributed by atoms with van der Waals surface area (Å²) in [6.45, 7) is 7.48. The van der Waals surface area contributed by atoms with Crippen LogP contribution in [0.25, 0.3) is 0 Å². The molecule has 0 bridgehead atoms. The van der Waals surface area contributed by atoms with Crippen LogP contribution in [0, 0.1) is 0 Å². The first kappa shape index (κ1) is 11.8. The van der Waals surface area contributed by atoms with Crippen LogP contribution >= 0.6 is 0 Å². The summed E-state index contributed by atoms with van der Waals surface area (Å²) in [6.07, 6.45) is 2.51. The highest BCUT2D eigenvalue weighted by molar-refractivity contribution is 5.45. The second-order valence-electron chi connectivity index (χ2n) is 5.26. The predicted molar refractivity (Wildman–Crippen MR) is 71.2 cm³/mol. The van der Waals surface area contributed by atoms with Crippen molar-refractivity contribution in [1.82, 2.24) is 4.90 Å². The standard InChI is InChI=1S/C15H21NO2/c1-3-13(11(2)16-7-4-8-16)12-5-6-14-15(9-12)18-10-17-14/h5-6,9,11,13H,3-4,7-8,10H2,1-2H3/t11-,13-/m0/s1. The molecule has 0 saturated carbocycles. The van der Waals surface area contributed by atoms with Gasteiger partial charge in [0.25, 0.3) is 0 Å². The number of ether oxygens (including phenoxy) is 2. The van der Waals surface area contributed by atoms with Crippen molar-refractivity contribution in [2.75, 3.05) is 19.9 Å². The Morgan fingerprint density at radius 3 is 2.67 bits per heavy atom. The molecule has 3 nitrogen and oxygen atoms in total. The molecule has 18 heavy (non-hydrogen) atoms. The molecule has 0 aliphatic carbocycles. The molecule has 2 heterocycles. The summed E-state index contributed by atoms with van der Waals surface area (Å²) in [5.41, 5.74) is 1.38. The first-order valence-electron chi connectivity index (χ1n) is 6.93. The van der Waals surface area contributed by atoms with Crippen molar-refractivity contribution in [3.05, 3.63) is 23.8 Å². The SMILES string of the molecule is CC[C@H](c1ccc2c(c1)OCO2)[C@H](C)N1CCC1. The van der Waals surface area contributed by atoms with E-state index in [4.69, 9.17) is 9.47 Å². The topological polar surface area (TPSA) is 21.7 Å². The summed E-state index contributed by atoms with van der Waals surface area (Å²) < 4.78 is 10.9. The van der Waals surface area contributed by atoms with Crippen molar-refractivity contribution in [3.8, 4) is 11.5 Å². The van der Waals surface area contributed by atoms with E-state index in [2.05, 4.69) is 30.9 Å². The smallest absolute Gasteiger partial charge is 0.231 e. The van der Waals surface area contributed by atoms with Crippen molar-refractivity contribution in [2.45, 2.75) is 38.6 Å². The van der Waals surface area contributed by atoms with E-state index < -0.39 is 0 Å². The molecule has 0 spiro atoms. The number of hydrogen-bond donors (Lipinski definition) is 0. The lowest BCUT2D eigenvalue weighted by Crippen LogP contribution is -2.46. The maximum Gasteiger partial charge on any atom is 0.231 e. The Kier molecular flexibility index (Phi) is 3.16. The predicted octanol–water partition coefficient (Wildman–Crippen LogP) is 3.00. The molecule has 1 aromatic rings. The number of fused-ring (bicyclic) bond motifs is 1. The first-order valence-corrected chi connectivity index (χ1v) is 6.93. The average molecular weight is 247 g/mol. The van der Waals surface area contributed by atoms with Crippen LogP contribution in [0.2, 0.25) is 0 Å². The van der Waals surface area contributed by atoms with Crippen LogP contribution in [0.3, 0.4) is 0 Å². The van der Waals surface area contributed by atoms with Gasteiger partial charge in [0.1, 0.15) is 0 Å². The van der Waals surface area contributed by atoms with Gasteiger partial charge in [-0.2, -0.15) is 0 Å². The summed E-state index contributed by atoms with van der Waals surface area (Å²) in [6, 6.07) is 7.01. The Hall–Kier alpha value is -1.22. The summed E-state index contributed by atoms with van der Waals surface area (Å²) in [5, 5.41) is 0. The van der Waals surface area contributed by atoms with Crippen molar-refractivity contribution in [1.29, 1.82) is 0 Å². The number of hydrogen-bond acceptors (Lipinski definition) is 3. The molecule has 1 fully saturated rings. The number of nitrogens with zero attached hydrogens (tertiary/aromatic N) is 1. The molecule has 1 aromatic carbocycles. The third kappa shape index (κ3) is 1.97. The molecule has 3 heteroatoms. The Bertz CT molecular complexity index is 429. The zero-order chi connectivity index (χ0) is 12.5. The monoisotopic (exact) mass is 247 g/mol. The average Bonchev–Trinajstić information content (AvgIpc) is 2.74. The summed E-state index contributed by atoms with van der Waals surface area (Å²) >= 11 is 0. The van der Waals surface area contributed by atoms with Crippen molar-refractivity contribution >= 4 is 0 Å². The lowest BCUT2D eigenvalue weighted by molar-refractivity contribution is 0.108. The van der Waals surface area contributed by atoms with E-state index in [1.54, 1.807) is 0 Å². The highest BCUT2D eigenvalue weighted by Gasteiger charge is 2.28. The Balaban J connectivity index is 1.82. The van der Waals surface area contributed by atoms with E-state index in [1.165, 1.54) is 25.1 Å². The van der Waals surface area contributed by atoms with E-state index in [9.17, 15) is 0 Å². The van der Waals surface area contributed by atoms with Crippen molar-refractivity contribution < 1.29 is 9.47 Å². The van der Waals surface area contributed by atoms with Gasteiger partial charge in [0.05, 0.1) is 0 Å². The van der Waals surface area contributed by atoms with Crippen molar-refractivity contribution in [3.63, 3.8) is 0 Å². The lowest BCUT2D eigenvalue weighted by Gasteiger charge is -2.40. The molecule has 0 N–H and O–H groups in total. The Morgan fingerprint density at radius 2 is 2.00 bits per heavy atom. The molecule has 2 aliphatic rings. The largest absolute Gasteiger partial charge is 0.454 e. The van der Waals surface area contributed by atoms with E-state index >= 15 is 0 Å². The summed E-state index contributed by atoms with van der Waals surface area (Å²) in [7, 11) is 0.